The number of nitrogens with zero attached hydrogens (tertiary/aromatic N) is 5. The number of hydrogen-bond donors (Lipinski definition) is 1. The molecule has 3 heterocycles. The molecule has 7 heteroatoms. The van der Waals surface area contributed by atoms with E-state index in [0.717, 1.165) is 42.0 Å². The van der Waals surface area contributed by atoms with E-state index in [1.165, 1.54) is 0 Å². The monoisotopic (exact) mass is 336 g/mol. The molecule has 0 fully saturated rings. The third kappa shape index (κ3) is 3.17. The van der Waals surface area contributed by atoms with Gasteiger partial charge in [-0.15, -0.1) is 0 Å². The molecule has 0 saturated heterocycles. The van der Waals surface area contributed by atoms with Gasteiger partial charge in [0.2, 0.25) is 5.91 Å². The third-order valence-corrected chi connectivity index (χ3v) is 4.46. The lowest BCUT2D eigenvalue weighted by atomic mass is 9.93. The quantitative estimate of drug-likeness (QED) is 0.790. The average Bonchev–Trinajstić information content (AvgIpc) is 3.22. The lowest BCUT2D eigenvalue weighted by Crippen LogP contribution is -2.33. The number of aryl methyl sites for hydroxylation is 1. The molecule has 0 aromatic carbocycles. The van der Waals surface area contributed by atoms with Gasteiger partial charge in [-0.3, -0.25) is 9.48 Å². The lowest BCUT2D eigenvalue weighted by Gasteiger charge is -2.24. The molecule has 0 spiro atoms. The molecule has 128 valence electrons. The summed E-state index contributed by atoms with van der Waals surface area (Å²) in [4.78, 5) is 16.7. The maximum Gasteiger partial charge on any atom is 0.242 e. The van der Waals surface area contributed by atoms with Crippen LogP contribution in [0.3, 0.4) is 0 Å². The molecule has 0 aliphatic heterocycles. The highest BCUT2D eigenvalue weighted by Crippen LogP contribution is 2.30. The molecule has 3 aromatic heterocycles. The predicted molar refractivity (Wildman–Crippen MR) is 92.1 cm³/mol. The van der Waals surface area contributed by atoms with Crippen molar-refractivity contribution in [1.29, 1.82) is 0 Å². The summed E-state index contributed by atoms with van der Waals surface area (Å²) < 4.78 is 3.54. The van der Waals surface area contributed by atoms with Crippen LogP contribution in [0, 0.1) is 6.92 Å². The van der Waals surface area contributed by atoms with Crippen LogP contribution in [-0.4, -0.2) is 30.5 Å². The topological polar surface area (TPSA) is 77.6 Å². The molecule has 1 amide bonds. The van der Waals surface area contributed by atoms with Gasteiger partial charge in [-0.05, 0) is 44.4 Å². The van der Waals surface area contributed by atoms with Gasteiger partial charge in [-0.2, -0.15) is 10.2 Å². The van der Waals surface area contributed by atoms with E-state index in [0.29, 0.717) is 0 Å². The Balaban J connectivity index is 1.52. The number of pyridine rings is 1. The number of hydrogen-bond acceptors (Lipinski definition) is 4. The number of rotatable bonds is 4. The van der Waals surface area contributed by atoms with Gasteiger partial charge in [0.25, 0.3) is 0 Å². The minimum Gasteiger partial charge on any atom is -0.348 e. The Morgan fingerprint density at radius 3 is 3.04 bits per heavy atom. The molecule has 0 bridgehead atoms. The first-order chi connectivity index (χ1) is 12.2. The van der Waals surface area contributed by atoms with E-state index in [4.69, 9.17) is 0 Å². The van der Waals surface area contributed by atoms with Crippen LogP contribution in [0.15, 0.2) is 42.9 Å². The van der Waals surface area contributed by atoms with Crippen molar-refractivity contribution in [2.75, 3.05) is 0 Å². The van der Waals surface area contributed by atoms with Crippen LogP contribution in [0.1, 0.15) is 35.8 Å². The summed E-state index contributed by atoms with van der Waals surface area (Å²) >= 11 is 0. The summed E-state index contributed by atoms with van der Waals surface area (Å²) in [6, 6.07) is 7.66. The normalized spacial score (nSPS) is 16.4. The second-order valence-corrected chi connectivity index (χ2v) is 6.31. The van der Waals surface area contributed by atoms with E-state index in [2.05, 4.69) is 20.5 Å². The molecular weight excluding hydrogens is 316 g/mol. The SMILES string of the molecule is Cc1ccn(CC(=O)NC2CCCc3c2cnn3-c2ccccn2)n1. The first kappa shape index (κ1) is 15.6. The minimum atomic E-state index is -0.0356. The van der Waals surface area contributed by atoms with E-state index >= 15 is 0 Å². The van der Waals surface area contributed by atoms with Crippen LogP contribution in [0.5, 0.6) is 0 Å². The van der Waals surface area contributed by atoms with Gasteiger partial charge in [-0.1, -0.05) is 6.07 Å². The lowest BCUT2D eigenvalue weighted by molar-refractivity contribution is -0.122. The van der Waals surface area contributed by atoms with Crippen molar-refractivity contribution in [2.45, 2.75) is 38.8 Å². The molecule has 7 nitrogen and oxygen atoms in total. The molecule has 1 aliphatic carbocycles. The maximum absolute atomic E-state index is 12.4. The number of nitrogens with one attached hydrogen (secondary N) is 1. The summed E-state index contributed by atoms with van der Waals surface area (Å²) in [5.41, 5.74) is 3.12. The Labute approximate surface area is 145 Å². The van der Waals surface area contributed by atoms with Gasteiger partial charge in [0, 0.05) is 18.0 Å². The number of aromatic nitrogens is 5. The molecule has 0 radical (unpaired) electrons. The van der Waals surface area contributed by atoms with Gasteiger partial charge in [0.05, 0.1) is 23.6 Å². The van der Waals surface area contributed by atoms with Crippen molar-refractivity contribution >= 4 is 5.91 Å². The molecule has 1 unspecified atom stereocenters. The molecule has 3 aromatic rings. The smallest absolute Gasteiger partial charge is 0.242 e. The van der Waals surface area contributed by atoms with Gasteiger partial charge < -0.3 is 5.32 Å². The predicted octanol–water partition coefficient (Wildman–Crippen LogP) is 1.97. The van der Waals surface area contributed by atoms with Crippen LogP contribution in [0.25, 0.3) is 5.82 Å². The van der Waals surface area contributed by atoms with E-state index in [9.17, 15) is 4.79 Å². The zero-order chi connectivity index (χ0) is 17.2. The number of carbonyl (C=O) groups excluding carboxylic acids is 1. The highest BCUT2D eigenvalue weighted by atomic mass is 16.2. The van der Waals surface area contributed by atoms with Crippen molar-refractivity contribution in [3.8, 4) is 5.82 Å². The third-order valence-electron chi connectivity index (χ3n) is 4.46. The zero-order valence-corrected chi connectivity index (χ0v) is 14.1. The Morgan fingerprint density at radius 2 is 2.28 bits per heavy atom. The van der Waals surface area contributed by atoms with Crippen molar-refractivity contribution in [1.82, 2.24) is 29.9 Å². The fourth-order valence-electron chi connectivity index (χ4n) is 3.32. The Hall–Kier alpha value is -2.96. The summed E-state index contributed by atoms with van der Waals surface area (Å²) in [5.74, 6) is 0.772. The van der Waals surface area contributed by atoms with Crippen molar-refractivity contribution in [3.05, 3.63) is 59.8 Å². The zero-order valence-electron chi connectivity index (χ0n) is 14.1. The molecule has 0 saturated carbocycles. The van der Waals surface area contributed by atoms with E-state index in [-0.39, 0.29) is 18.5 Å². The van der Waals surface area contributed by atoms with Crippen LogP contribution >= 0.6 is 0 Å². The fourth-order valence-corrected chi connectivity index (χ4v) is 3.32. The summed E-state index contributed by atoms with van der Waals surface area (Å²) in [5, 5.41) is 11.9. The summed E-state index contributed by atoms with van der Waals surface area (Å²) in [6.45, 7) is 2.14. The largest absolute Gasteiger partial charge is 0.348 e. The van der Waals surface area contributed by atoms with Gasteiger partial charge in [-0.25, -0.2) is 9.67 Å². The molecule has 1 aliphatic rings. The van der Waals surface area contributed by atoms with Crippen LogP contribution in [0.4, 0.5) is 0 Å². The Kier molecular flexibility index (Phi) is 4.05. The number of fused-ring (bicyclic) bond motifs is 1. The second-order valence-electron chi connectivity index (χ2n) is 6.31. The summed E-state index contributed by atoms with van der Waals surface area (Å²) in [7, 11) is 0. The van der Waals surface area contributed by atoms with Gasteiger partial charge in [0.15, 0.2) is 5.82 Å². The average molecular weight is 336 g/mol. The van der Waals surface area contributed by atoms with E-state index in [1.54, 1.807) is 10.9 Å². The molecule has 4 rings (SSSR count). The molecule has 25 heavy (non-hydrogen) atoms. The minimum absolute atomic E-state index is 0.00892. The van der Waals surface area contributed by atoms with E-state index in [1.807, 2.05) is 48.3 Å². The summed E-state index contributed by atoms with van der Waals surface area (Å²) in [6.07, 6.45) is 8.31. The number of carbonyl (C=O) groups is 1. The van der Waals surface area contributed by atoms with Crippen LogP contribution in [0.2, 0.25) is 0 Å². The van der Waals surface area contributed by atoms with Gasteiger partial charge >= 0.3 is 0 Å². The van der Waals surface area contributed by atoms with Crippen LogP contribution in [-0.2, 0) is 17.8 Å². The Morgan fingerprint density at radius 1 is 1.36 bits per heavy atom. The molecule has 1 N–H and O–H groups in total. The standard InChI is InChI=1S/C18H20N6O/c1-13-8-10-23(22-13)12-18(25)21-15-5-4-6-16-14(15)11-20-24(16)17-7-2-3-9-19-17/h2-3,7-11,15H,4-6,12H2,1H3,(H,21,25). The number of amides is 1. The molecular formula is C18H20N6O. The van der Waals surface area contributed by atoms with Crippen molar-refractivity contribution < 1.29 is 4.79 Å². The maximum atomic E-state index is 12.4. The van der Waals surface area contributed by atoms with E-state index < -0.39 is 0 Å². The second kappa shape index (κ2) is 6.51. The van der Waals surface area contributed by atoms with Gasteiger partial charge in [0.1, 0.15) is 6.54 Å². The highest BCUT2D eigenvalue weighted by Gasteiger charge is 2.26. The fraction of sp³-hybridized carbons (Fsp3) is 0.333. The first-order valence-electron chi connectivity index (χ1n) is 8.48. The first-order valence-corrected chi connectivity index (χ1v) is 8.48. The Bertz CT molecular complexity index is 882. The van der Waals surface area contributed by atoms with Crippen molar-refractivity contribution in [3.63, 3.8) is 0 Å². The van der Waals surface area contributed by atoms with Crippen molar-refractivity contribution in [2.24, 2.45) is 0 Å². The van der Waals surface area contributed by atoms with Crippen LogP contribution < -0.4 is 5.32 Å². The highest BCUT2D eigenvalue weighted by molar-refractivity contribution is 5.76. The molecule has 1 atom stereocenters.